The van der Waals surface area contributed by atoms with Crippen LogP contribution in [0.5, 0.6) is 0 Å². The van der Waals surface area contributed by atoms with E-state index in [9.17, 15) is 0 Å². The van der Waals surface area contributed by atoms with Gasteiger partial charge in [0, 0.05) is 65.8 Å². The first kappa shape index (κ1) is 52.2. The van der Waals surface area contributed by atoms with Crippen molar-refractivity contribution in [1.82, 2.24) is 18.3 Å². The first-order valence-corrected chi connectivity index (χ1v) is 30.8. The van der Waals surface area contributed by atoms with Crippen LogP contribution in [0.15, 0.2) is 352 Å². The summed E-state index contributed by atoms with van der Waals surface area (Å²) >= 11 is 0. The third kappa shape index (κ3) is 8.80. The van der Waals surface area contributed by atoms with Gasteiger partial charge in [-0.1, -0.05) is 218 Å². The molecule has 0 unspecified atom stereocenters. The van der Waals surface area contributed by atoms with Crippen molar-refractivity contribution in [3.63, 3.8) is 0 Å². The van der Waals surface area contributed by atoms with Crippen LogP contribution < -0.4 is 9.80 Å². The predicted molar refractivity (Wildman–Crippen MR) is 380 cm³/mol. The maximum atomic E-state index is 2.42. The molecule has 0 atom stereocenters. The van der Waals surface area contributed by atoms with Gasteiger partial charge < -0.3 is 28.1 Å². The van der Waals surface area contributed by atoms with Crippen LogP contribution in [0.4, 0.5) is 34.1 Å². The Morgan fingerprint density at radius 2 is 0.300 bits per heavy atom. The Labute approximate surface area is 521 Å². The van der Waals surface area contributed by atoms with Gasteiger partial charge in [0.15, 0.2) is 0 Å². The van der Waals surface area contributed by atoms with E-state index < -0.39 is 0 Å². The summed E-state index contributed by atoms with van der Waals surface area (Å²) in [6.45, 7) is 0. The molecule has 6 nitrogen and oxygen atoms in total. The van der Waals surface area contributed by atoms with Crippen LogP contribution in [0.1, 0.15) is 0 Å². The highest BCUT2D eigenvalue weighted by molar-refractivity contribution is 6.13. The summed E-state index contributed by atoms with van der Waals surface area (Å²) in [4.78, 5) is 4.71. The van der Waals surface area contributed by atoms with Crippen LogP contribution in [0.3, 0.4) is 0 Å². The van der Waals surface area contributed by atoms with Crippen LogP contribution in [-0.2, 0) is 0 Å². The largest absolute Gasteiger partial charge is 0.310 e. The molecule has 0 saturated carbocycles. The minimum atomic E-state index is 1.09. The van der Waals surface area contributed by atoms with E-state index >= 15 is 0 Å². The average molecular weight is 1150 g/mol. The monoisotopic (exact) mass is 1150 g/mol. The van der Waals surface area contributed by atoms with Gasteiger partial charge >= 0.3 is 0 Å². The fraction of sp³-hybridized carbons (Fsp3) is 0. The molecule has 4 heterocycles. The molecule has 0 aliphatic heterocycles. The van der Waals surface area contributed by atoms with Gasteiger partial charge in [-0.2, -0.15) is 0 Å². The lowest BCUT2D eigenvalue weighted by molar-refractivity contribution is 1.12. The molecular formula is C84H58N6. The van der Waals surface area contributed by atoms with E-state index in [2.05, 4.69) is 380 Å². The van der Waals surface area contributed by atoms with Crippen molar-refractivity contribution in [3.8, 4) is 22.7 Å². The number of rotatable bonds is 10. The quantitative estimate of drug-likeness (QED) is 0.136. The van der Waals surface area contributed by atoms with Crippen LogP contribution >= 0.6 is 0 Å². The van der Waals surface area contributed by atoms with E-state index in [1.165, 1.54) is 87.2 Å². The van der Waals surface area contributed by atoms with E-state index in [4.69, 9.17) is 0 Å². The Kier molecular flexibility index (Phi) is 12.8. The standard InChI is InChI=1S/2C42H29N3/c2*1-3-15-30(16-4-1)43(31-17-5-2-6-18-31)32-27-33(44-39-23-11-7-19-35(39)36-20-8-12-24-40(36)44)29-34(28-32)45-41-25-13-9-21-37(41)38-22-10-14-26-42(38)45/h2*1-29H. The molecule has 0 spiro atoms. The zero-order chi connectivity index (χ0) is 59.5. The SMILES string of the molecule is c1ccc(N(c2ccccc2)c2cc(-n3c4ccccc4c4ccccc43)cc(-n3c4ccccc4c4ccccc43)c2)cc1.c1ccc(N(c2ccccc2)c2cc(-n3c4ccccc4c4ccccc43)cc(-n3c4ccccc4c4ccccc43)c2)cc1. The Balaban J connectivity index is 0.000000139. The number of anilines is 6. The van der Waals surface area contributed by atoms with Crippen molar-refractivity contribution < 1.29 is 0 Å². The molecule has 0 saturated heterocycles. The lowest BCUT2D eigenvalue weighted by atomic mass is 10.1. The number of benzene rings is 14. The second-order valence-corrected chi connectivity index (χ2v) is 22.9. The van der Waals surface area contributed by atoms with Gasteiger partial charge in [0.05, 0.1) is 78.3 Å². The maximum absolute atomic E-state index is 2.42. The van der Waals surface area contributed by atoms with Crippen molar-refractivity contribution in [1.29, 1.82) is 0 Å². The van der Waals surface area contributed by atoms with E-state index in [1.54, 1.807) is 0 Å². The van der Waals surface area contributed by atoms with Crippen molar-refractivity contribution in [2.24, 2.45) is 0 Å². The van der Waals surface area contributed by atoms with Crippen molar-refractivity contribution >= 4 is 121 Å². The summed E-state index contributed by atoms with van der Waals surface area (Å²) in [5.74, 6) is 0. The molecule has 424 valence electrons. The summed E-state index contributed by atoms with van der Waals surface area (Å²) < 4.78 is 9.67. The van der Waals surface area contributed by atoms with Gasteiger partial charge in [-0.15, -0.1) is 0 Å². The van der Waals surface area contributed by atoms with Crippen molar-refractivity contribution in [2.75, 3.05) is 9.80 Å². The Bertz CT molecular complexity index is 4770. The smallest absolute Gasteiger partial charge is 0.0541 e. The number of hydrogen-bond donors (Lipinski definition) is 0. The van der Waals surface area contributed by atoms with E-state index in [-0.39, 0.29) is 0 Å². The Morgan fingerprint density at radius 3 is 0.478 bits per heavy atom. The minimum absolute atomic E-state index is 1.09. The average Bonchev–Trinajstić information content (AvgIpc) is 2.01. The minimum Gasteiger partial charge on any atom is -0.310 e. The normalized spacial score (nSPS) is 11.6. The number of aromatic nitrogens is 4. The molecule has 0 amide bonds. The third-order valence-electron chi connectivity index (χ3n) is 17.7. The molecule has 0 bridgehead atoms. The summed E-state index contributed by atoms with van der Waals surface area (Å²) in [5.41, 5.74) is 20.6. The number of nitrogens with zero attached hydrogens (tertiary/aromatic N) is 6. The van der Waals surface area contributed by atoms with Crippen LogP contribution in [0.25, 0.3) is 110 Å². The van der Waals surface area contributed by atoms with Gasteiger partial charge in [0.25, 0.3) is 0 Å². The number of para-hydroxylation sites is 12. The first-order chi connectivity index (χ1) is 44.7. The summed E-state index contributed by atoms with van der Waals surface area (Å²) in [7, 11) is 0. The molecule has 18 rings (SSSR count). The highest BCUT2D eigenvalue weighted by Gasteiger charge is 2.23. The summed E-state index contributed by atoms with van der Waals surface area (Å²) in [5, 5.41) is 10.00. The molecule has 4 aromatic heterocycles. The Morgan fingerprint density at radius 1 is 0.144 bits per heavy atom. The Hall–Kier alpha value is -12.1. The molecule has 14 aromatic carbocycles. The molecule has 90 heavy (non-hydrogen) atoms. The van der Waals surface area contributed by atoms with Crippen LogP contribution in [0, 0.1) is 0 Å². The number of hydrogen-bond acceptors (Lipinski definition) is 2. The third-order valence-corrected chi connectivity index (χ3v) is 17.7. The van der Waals surface area contributed by atoms with Gasteiger partial charge in [-0.25, -0.2) is 0 Å². The molecule has 0 N–H and O–H groups in total. The molecular weight excluding hydrogens is 1090 g/mol. The van der Waals surface area contributed by atoms with Gasteiger partial charge in [0.1, 0.15) is 0 Å². The van der Waals surface area contributed by atoms with Gasteiger partial charge in [-0.05, 0) is 133 Å². The fourth-order valence-electron chi connectivity index (χ4n) is 13.9. The van der Waals surface area contributed by atoms with Gasteiger partial charge in [0.2, 0.25) is 0 Å². The summed E-state index contributed by atoms with van der Waals surface area (Å²) in [6, 6.07) is 126. The van der Waals surface area contributed by atoms with E-state index in [1.807, 2.05) is 0 Å². The van der Waals surface area contributed by atoms with Gasteiger partial charge in [-0.3, -0.25) is 0 Å². The van der Waals surface area contributed by atoms with Crippen LogP contribution in [-0.4, -0.2) is 18.3 Å². The lowest BCUT2D eigenvalue weighted by Crippen LogP contribution is -2.11. The number of fused-ring (bicyclic) bond motifs is 12. The lowest BCUT2D eigenvalue weighted by Gasteiger charge is -2.27. The summed E-state index contributed by atoms with van der Waals surface area (Å²) in [6.07, 6.45) is 0. The topological polar surface area (TPSA) is 26.2 Å². The predicted octanol–water partition coefficient (Wildman–Crippen LogP) is 22.7. The molecule has 18 aromatic rings. The zero-order valence-electron chi connectivity index (χ0n) is 49.2. The molecule has 0 aliphatic carbocycles. The highest BCUT2D eigenvalue weighted by Crippen LogP contribution is 2.44. The molecule has 0 radical (unpaired) electrons. The van der Waals surface area contributed by atoms with Crippen molar-refractivity contribution in [3.05, 3.63) is 352 Å². The fourth-order valence-corrected chi connectivity index (χ4v) is 13.9. The molecule has 6 heteroatoms. The van der Waals surface area contributed by atoms with E-state index in [0.717, 1.165) is 56.9 Å². The first-order valence-electron chi connectivity index (χ1n) is 30.8. The second-order valence-electron chi connectivity index (χ2n) is 22.9. The molecule has 0 aliphatic rings. The second kappa shape index (κ2) is 22.0. The van der Waals surface area contributed by atoms with E-state index in [0.29, 0.717) is 0 Å². The maximum Gasteiger partial charge on any atom is 0.0541 e. The van der Waals surface area contributed by atoms with Crippen LogP contribution in [0.2, 0.25) is 0 Å². The van der Waals surface area contributed by atoms with Crippen molar-refractivity contribution in [2.45, 2.75) is 0 Å². The zero-order valence-corrected chi connectivity index (χ0v) is 49.2. The highest BCUT2D eigenvalue weighted by atomic mass is 15.2. The molecule has 0 fully saturated rings.